The number of carbonyl (C=O) groups is 1. The van der Waals surface area contributed by atoms with Crippen LogP contribution in [-0.4, -0.2) is 54.6 Å². The molecule has 2 unspecified atom stereocenters. The van der Waals surface area contributed by atoms with E-state index in [1.807, 2.05) is 34.5 Å². The fourth-order valence-electron chi connectivity index (χ4n) is 4.45. The van der Waals surface area contributed by atoms with Gasteiger partial charge in [0.05, 0.1) is 12.3 Å². The zero-order chi connectivity index (χ0) is 21.3. The molecule has 2 aromatic rings. The fraction of sp³-hybridized carbons (Fsp3) is 0.455. The minimum absolute atomic E-state index is 0.00965. The Balaban J connectivity index is 1.85. The Labute approximate surface area is 179 Å². The van der Waals surface area contributed by atoms with E-state index in [-0.39, 0.29) is 11.5 Å². The molecule has 1 aromatic heterocycles. The first-order valence-electron chi connectivity index (χ1n) is 9.91. The van der Waals surface area contributed by atoms with Gasteiger partial charge in [0.1, 0.15) is 11.3 Å². The molecule has 8 heteroatoms. The summed E-state index contributed by atoms with van der Waals surface area (Å²) in [6.07, 6.45) is 2.96. The molecule has 1 saturated heterocycles. The summed E-state index contributed by atoms with van der Waals surface area (Å²) in [4.78, 5) is 24.1. The van der Waals surface area contributed by atoms with Crippen molar-refractivity contribution in [2.24, 2.45) is 0 Å². The van der Waals surface area contributed by atoms with Gasteiger partial charge in [-0.2, -0.15) is 11.8 Å². The molecule has 1 aromatic carbocycles. The molecule has 4 rings (SSSR count). The molecule has 0 spiro atoms. The zero-order valence-corrected chi connectivity index (χ0v) is 17.9. The van der Waals surface area contributed by atoms with Crippen LogP contribution in [0.2, 0.25) is 0 Å². The van der Waals surface area contributed by atoms with Gasteiger partial charge in [0.15, 0.2) is 11.2 Å². The largest absolute Gasteiger partial charge is 0.493 e. The van der Waals surface area contributed by atoms with Crippen molar-refractivity contribution >= 4 is 17.7 Å². The Hall–Kier alpha value is -2.29. The van der Waals surface area contributed by atoms with Crippen LogP contribution in [0.25, 0.3) is 11.3 Å². The number of carboxylic acid groups (broad SMARTS) is 1. The molecule has 0 bridgehead atoms. The maximum Gasteiger partial charge on any atom is 0.341 e. The van der Waals surface area contributed by atoms with Crippen molar-refractivity contribution < 1.29 is 24.1 Å². The second kappa shape index (κ2) is 8.45. The molecule has 30 heavy (non-hydrogen) atoms. The van der Waals surface area contributed by atoms with Crippen LogP contribution in [0.15, 0.2) is 35.3 Å². The van der Waals surface area contributed by atoms with Gasteiger partial charge >= 0.3 is 5.97 Å². The standard InChI is InChI=1S/C22H25NO6S/c1-27-7-3-8-29-14-4-5-15-16(10-14)18-13-30-9-6-22(18,28-2)23-12-17(21(25)26)20(24)11-19(15)23/h4-5,10-12,18H,3,6-9,13H2,1-2H3,(H,25,26). The van der Waals surface area contributed by atoms with E-state index in [0.717, 1.165) is 34.8 Å². The third-order valence-corrected chi connectivity index (χ3v) is 6.97. The third kappa shape index (κ3) is 3.42. The number of aromatic carboxylic acids is 1. The van der Waals surface area contributed by atoms with Crippen molar-refractivity contribution in [3.05, 3.63) is 51.8 Å². The summed E-state index contributed by atoms with van der Waals surface area (Å²) in [5, 5.41) is 9.49. The summed E-state index contributed by atoms with van der Waals surface area (Å²) < 4.78 is 18.9. The number of pyridine rings is 1. The van der Waals surface area contributed by atoms with Gasteiger partial charge in [-0.25, -0.2) is 4.79 Å². The first-order valence-corrected chi connectivity index (χ1v) is 11.1. The minimum atomic E-state index is -1.23. The van der Waals surface area contributed by atoms with Gasteiger partial charge in [-0.3, -0.25) is 4.79 Å². The van der Waals surface area contributed by atoms with Crippen LogP contribution in [0.1, 0.15) is 34.7 Å². The highest BCUT2D eigenvalue weighted by Gasteiger charge is 2.48. The van der Waals surface area contributed by atoms with Gasteiger partial charge in [-0.1, -0.05) is 0 Å². The second-order valence-electron chi connectivity index (χ2n) is 7.48. The highest BCUT2D eigenvalue weighted by molar-refractivity contribution is 7.99. The Morgan fingerprint density at radius 1 is 1.30 bits per heavy atom. The number of benzene rings is 1. The number of hydrogen-bond acceptors (Lipinski definition) is 6. The average Bonchev–Trinajstić information content (AvgIpc) is 2.76. The number of carboxylic acids is 1. The zero-order valence-electron chi connectivity index (χ0n) is 17.1. The first-order chi connectivity index (χ1) is 14.5. The summed E-state index contributed by atoms with van der Waals surface area (Å²) >= 11 is 1.85. The summed E-state index contributed by atoms with van der Waals surface area (Å²) in [6, 6.07) is 7.29. The Morgan fingerprint density at radius 2 is 2.13 bits per heavy atom. The number of rotatable bonds is 7. The molecular formula is C22H25NO6S. The number of ether oxygens (including phenoxy) is 3. The lowest BCUT2D eigenvalue weighted by atomic mass is 9.79. The van der Waals surface area contributed by atoms with Crippen molar-refractivity contribution in [1.82, 2.24) is 4.57 Å². The van der Waals surface area contributed by atoms with Crippen LogP contribution in [0, 0.1) is 0 Å². The highest BCUT2D eigenvalue weighted by atomic mass is 32.2. The summed E-state index contributed by atoms with van der Waals surface area (Å²) in [6.45, 7) is 1.19. The van der Waals surface area contributed by atoms with Crippen molar-refractivity contribution in [2.45, 2.75) is 24.5 Å². The van der Waals surface area contributed by atoms with E-state index >= 15 is 0 Å². The molecule has 160 valence electrons. The summed E-state index contributed by atoms with van der Waals surface area (Å²) in [5.74, 6) is 1.27. The molecule has 2 aliphatic rings. The number of fused-ring (bicyclic) bond motifs is 6. The lowest BCUT2D eigenvalue weighted by molar-refractivity contribution is -0.102. The number of hydrogen-bond donors (Lipinski definition) is 1. The van der Waals surface area contributed by atoms with Crippen molar-refractivity contribution in [3.63, 3.8) is 0 Å². The maximum absolute atomic E-state index is 12.5. The topological polar surface area (TPSA) is 87.0 Å². The SMILES string of the molecule is COCCCOc1ccc2c(c1)C1CSCCC1(OC)n1cc(C(=O)O)c(=O)cc1-2. The Kier molecular flexibility index (Phi) is 5.90. The second-order valence-corrected chi connectivity index (χ2v) is 8.63. The van der Waals surface area contributed by atoms with Crippen LogP contribution in [0.3, 0.4) is 0 Å². The minimum Gasteiger partial charge on any atom is -0.493 e. The van der Waals surface area contributed by atoms with Gasteiger partial charge < -0.3 is 23.9 Å². The predicted octanol–water partition coefficient (Wildman–Crippen LogP) is 3.16. The van der Waals surface area contributed by atoms with E-state index in [1.165, 1.54) is 12.3 Å². The summed E-state index contributed by atoms with van der Waals surface area (Å²) in [5.41, 5.74) is 1.17. The van der Waals surface area contributed by atoms with Gasteiger partial charge in [0, 0.05) is 63.2 Å². The first kappa shape index (κ1) is 21.0. The summed E-state index contributed by atoms with van der Waals surface area (Å²) in [7, 11) is 3.32. The van der Waals surface area contributed by atoms with Crippen LogP contribution >= 0.6 is 11.8 Å². The smallest absolute Gasteiger partial charge is 0.341 e. The van der Waals surface area contributed by atoms with E-state index in [4.69, 9.17) is 14.2 Å². The van der Waals surface area contributed by atoms with Crippen LogP contribution in [0.5, 0.6) is 5.75 Å². The molecular weight excluding hydrogens is 406 g/mol. The molecule has 7 nitrogen and oxygen atoms in total. The monoisotopic (exact) mass is 431 g/mol. The number of aromatic nitrogens is 1. The third-order valence-electron chi connectivity index (χ3n) is 5.91. The van der Waals surface area contributed by atoms with Crippen LogP contribution in [0.4, 0.5) is 0 Å². The van der Waals surface area contributed by atoms with E-state index in [2.05, 4.69) is 0 Å². The molecule has 2 atom stereocenters. The lowest BCUT2D eigenvalue weighted by Gasteiger charge is -2.49. The molecule has 0 radical (unpaired) electrons. The maximum atomic E-state index is 12.5. The predicted molar refractivity (Wildman–Crippen MR) is 115 cm³/mol. The number of methoxy groups -OCH3 is 2. The molecule has 1 fully saturated rings. The average molecular weight is 432 g/mol. The highest BCUT2D eigenvalue weighted by Crippen LogP contribution is 2.52. The molecule has 3 heterocycles. The van der Waals surface area contributed by atoms with E-state index in [9.17, 15) is 14.7 Å². The Bertz CT molecular complexity index is 1020. The van der Waals surface area contributed by atoms with E-state index in [0.29, 0.717) is 25.3 Å². The van der Waals surface area contributed by atoms with Gasteiger partial charge in [0.2, 0.25) is 0 Å². The van der Waals surface area contributed by atoms with Crippen molar-refractivity contribution in [1.29, 1.82) is 0 Å². The van der Waals surface area contributed by atoms with Crippen molar-refractivity contribution in [2.75, 3.05) is 38.9 Å². The number of nitrogens with zero attached hydrogens (tertiary/aromatic N) is 1. The van der Waals surface area contributed by atoms with Crippen LogP contribution in [-0.2, 0) is 15.2 Å². The fourth-order valence-corrected chi connectivity index (χ4v) is 5.73. The molecule has 0 aliphatic carbocycles. The quantitative estimate of drug-likeness (QED) is 0.674. The molecule has 0 saturated carbocycles. The van der Waals surface area contributed by atoms with Gasteiger partial charge in [-0.05, 0) is 29.5 Å². The van der Waals surface area contributed by atoms with Gasteiger partial charge in [-0.15, -0.1) is 0 Å². The van der Waals surface area contributed by atoms with Crippen LogP contribution < -0.4 is 10.2 Å². The normalized spacial score (nSPS) is 22.0. The molecule has 2 aliphatic heterocycles. The number of thioether (sulfide) groups is 1. The van der Waals surface area contributed by atoms with Crippen molar-refractivity contribution in [3.8, 4) is 17.0 Å². The molecule has 0 amide bonds. The van der Waals surface area contributed by atoms with E-state index in [1.54, 1.807) is 14.2 Å². The Morgan fingerprint density at radius 3 is 2.87 bits per heavy atom. The molecule has 1 N–H and O–H groups in total. The van der Waals surface area contributed by atoms with Gasteiger partial charge in [0.25, 0.3) is 0 Å². The van der Waals surface area contributed by atoms with E-state index < -0.39 is 17.1 Å². The lowest BCUT2D eigenvalue weighted by Crippen LogP contribution is -2.49.